The van der Waals surface area contributed by atoms with E-state index in [1.807, 2.05) is 23.9 Å². The molecule has 80 valence electrons. The van der Waals surface area contributed by atoms with Crippen molar-refractivity contribution in [3.8, 4) is 17.2 Å². The van der Waals surface area contributed by atoms with Crippen molar-refractivity contribution in [2.75, 3.05) is 0 Å². The van der Waals surface area contributed by atoms with Crippen molar-refractivity contribution in [3.63, 3.8) is 0 Å². The number of aryl methyl sites for hydroxylation is 3. The topological polar surface area (TPSA) is 28.7 Å². The first-order chi connectivity index (χ1) is 7.61. The molecule has 2 aromatic rings. The second-order valence-corrected chi connectivity index (χ2v) is 4.16. The van der Waals surface area contributed by atoms with Crippen LogP contribution in [-0.4, -0.2) is 4.57 Å². The van der Waals surface area contributed by atoms with Gasteiger partial charge in [-0.2, -0.15) is 5.26 Å². The molecule has 1 aromatic heterocycles. The summed E-state index contributed by atoms with van der Waals surface area (Å²) in [7, 11) is 1.89. The summed E-state index contributed by atoms with van der Waals surface area (Å²) >= 11 is 0. The highest BCUT2D eigenvalue weighted by Crippen LogP contribution is 2.25. The molecule has 16 heavy (non-hydrogen) atoms. The van der Waals surface area contributed by atoms with E-state index in [0.29, 0.717) is 5.69 Å². The van der Waals surface area contributed by atoms with Crippen LogP contribution in [0.15, 0.2) is 30.5 Å². The normalized spacial score (nSPS) is 10.1. The number of aromatic nitrogens is 1. The van der Waals surface area contributed by atoms with Crippen LogP contribution < -0.4 is 0 Å². The number of rotatable bonds is 1. The van der Waals surface area contributed by atoms with Crippen LogP contribution >= 0.6 is 0 Å². The molecule has 0 aliphatic heterocycles. The smallest absolute Gasteiger partial charge is 0.120 e. The first-order valence-corrected chi connectivity index (χ1v) is 5.26. The standard InChI is InChI=1S/C14H14N2/c1-10-4-5-14(11(2)6-10)12-7-13(8-15)16(3)9-12/h4-7,9H,1-3H3. The van der Waals surface area contributed by atoms with Crippen LogP contribution in [-0.2, 0) is 7.05 Å². The number of hydrogen-bond acceptors (Lipinski definition) is 1. The first kappa shape index (κ1) is 10.5. The zero-order valence-corrected chi connectivity index (χ0v) is 9.78. The van der Waals surface area contributed by atoms with Gasteiger partial charge in [-0.05, 0) is 31.0 Å². The van der Waals surface area contributed by atoms with Crippen molar-refractivity contribution in [2.24, 2.45) is 7.05 Å². The Balaban J connectivity index is 2.55. The fraction of sp³-hybridized carbons (Fsp3) is 0.214. The molecule has 0 atom stereocenters. The molecule has 0 spiro atoms. The van der Waals surface area contributed by atoms with Gasteiger partial charge < -0.3 is 4.57 Å². The van der Waals surface area contributed by atoms with Crippen LogP contribution in [0, 0.1) is 25.2 Å². The van der Waals surface area contributed by atoms with Gasteiger partial charge in [-0.3, -0.25) is 0 Å². The van der Waals surface area contributed by atoms with Crippen LogP contribution in [0.25, 0.3) is 11.1 Å². The molecule has 2 nitrogen and oxygen atoms in total. The van der Waals surface area contributed by atoms with E-state index in [1.54, 1.807) is 0 Å². The van der Waals surface area contributed by atoms with Gasteiger partial charge in [-0.25, -0.2) is 0 Å². The maximum absolute atomic E-state index is 8.92. The highest BCUT2D eigenvalue weighted by Gasteiger charge is 2.06. The summed E-state index contributed by atoms with van der Waals surface area (Å²) in [6.45, 7) is 4.18. The second kappa shape index (κ2) is 3.86. The molecule has 0 aliphatic carbocycles. The molecule has 1 heterocycles. The molecule has 0 radical (unpaired) electrons. The Morgan fingerprint density at radius 3 is 2.50 bits per heavy atom. The van der Waals surface area contributed by atoms with E-state index in [1.165, 1.54) is 16.7 Å². The summed E-state index contributed by atoms with van der Waals surface area (Å²) in [5.41, 5.74) is 5.50. The minimum atomic E-state index is 0.690. The minimum absolute atomic E-state index is 0.690. The Morgan fingerprint density at radius 1 is 1.19 bits per heavy atom. The Bertz CT molecular complexity index is 571. The maximum atomic E-state index is 8.92. The molecule has 0 aliphatic rings. The lowest BCUT2D eigenvalue weighted by Gasteiger charge is -2.04. The predicted octanol–water partition coefficient (Wildman–Crippen LogP) is 3.18. The van der Waals surface area contributed by atoms with Crippen LogP contribution in [0.3, 0.4) is 0 Å². The quantitative estimate of drug-likeness (QED) is 0.710. The fourth-order valence-corrected chi connectivity index (χ4v) is 1.96. The van der Waals surface area contributed by atoms with Crippen LogP contribution in [0.5, 0.6) is 0 Å². The lowest BCUT2D eigenvalue weighted by Crippen LogP contribution is -1.87. The van der Waals surface area contributed by atoms with Crippen molar-refractivity contribution < 1.29 is 0 Å². The Labute approximate surface area is 95.8 Å². The molecule has 2 heteroatoms. The minimum Gasteiger partial charge on any atom is -0.342 e. The second-order valence-electron chi connectivity index (χ2n) is 4.16. The number of benzene rings is 1. The van der Waals surface area contributed by atoms with E-state index in [9.17, 15) is 0 Å². The van der Waals surface area contributed by atoms with E-state index < -0.39 is 0 Å². The molecule has 0 saturated carbocycles. The van der Waals surface area contributed by atoms with E-state index in [2.05, 4.69) is 38.1 Å². The van der Waals surface area contributed by atoms with Gasteiger partial charge in [-0.1, -0.05) is 23.8 Å². The zero-order valence-electron chi connectivity index (χ0n) is 9.78. The summed E-state index contributed by atoms with van der Waals surface area (Å²) in [5, 5.41) is 8.92. The SMILES string of the molecule is Cc1ccc(-c2cc(C#N)n(C)c2)c(C)c1. The van der Waals surface area contributed by atoms with E-state index in [4.69, 9.17) is 5.26 Å². The number of nitrogens with zero attached hydrogens (tertiary/aromatic N) is 2. The summed E-state index contributed by atoms with van der Waals surface area (Å²) in [5.74, 6) is 0. The maximum Gasteiger partial charge on any atom is 0.120 e. The van der Waals surface area contributed by atoms with E-state index in [-0.39, 0.29) is 0 Å². The van der Waals surface area contributed by atoms with Crippen LogP contribution in [0.1, 0.15) is 16.8 Å². The molecule has 2 rings (SSSR count). The molecular weight excluding hydrogens is 196 g/mol. The van der Waals surface area contributed by atoms with Crippen molar-refractivity contribution in [1.29, 1.82) is 5.26 Å². The summed E-state index contributed by atoms with van der Waals surface area (Å²) in [6.07, 6.45) is 2.00. The third kappa shape index (κ3) is 1.72. The molecule has 0 unspecified atom stereocenters. The summed E-state index contributed by atoms with van der Waals surface area (Å²) < 4.78 is 1.86. The highest BCUT2D eigenvalue weighted by molar-refractivity contribution is 5.68. The van der Waals surface area contributed by atoms with Crippen molar-refractivity contribution >= 4 is 0 Å². The lowest BCUT2D eigenvalue weighted by molar-refractivity contribution is 0.909. The Hall–Kier alpha value is -2.01. The molecule has 0 saturated heterocycles. The fourth-order valence-electron chi connectivity index (χ4n) is 1.96. The first-order valence-electron chi connectivity index (χ1n) is 5.26. The zero-order chi connectivity index (χ0) is 11.7. The molecule has 0 fully saturated rings. The average Bonchev–Trinajstić information content (AvgIpc) is 2.59. The van der Waals surface area contributed by atoms with E-state index >= 15 is 0 Å². The summed E-state index contributed by atoms with van der Waals surface area (Å²) in [6, 6.07) is 10.5. The lowest BCUT2D eigenvalue weighted by atomic mass is 10.0. The van der Waals surface area contributed by atoms with Crippen molar-refractivity contribution in [3.05, 3.63) is 47.3 Å². The van der Waals surface area contributed by atoms with Gasteiger partial charge in [0.15, 0.2) is 0 Å². The monoisotopic (exact) mass is 210 g/mol. The molecule has 1 aromatic carbocycles. The average molecular weight is 210 g/mol. The largest absolute Gasteiger partial charge is 0.342 e. The Kier molecular flexibility index (Phi) is 2.54. The van der Waals surface area contributed by atoms with E-state index in [0.717, 1.165) is 5.56 Å². The molecular formula is C14H14N2. The van der Waals surface area contributed by atoms with Gasteiger partial charge in [0.1, 0.15) is 11.8 Å². The van der Waals surface area contributed by atoms with Gasteiger partial charge in [-0.15, -0.1) is 0 Å². The third-order valence-corrected chi connectivity index (χ3v) is 2.81. The van der Waals surface area contributed by atoms with Gasteiger partial charge >= 0.3 is 0 Å². The van der Waals surface area contributed by atoms with Gasteiger partial charge in [0.25, 0.3) is 0 Å². The van der Waals surface area contributed by atoms with Crippen molar-refractivity contribution in [2.45, 2.75) is 13.8 Å². The number of hydrogen-bond donors (Lipinski definition) is 0. The third-order valence-electron chi connectivity index (χ3n) is 2.81. The molecule has 0 bridgehead atoms. The van der Waals surface area contributed by atoms with Gasteiger partial charge in [0, 0.05) is 18.8 Å². The predicted molar refractivity (Wildman–Crippen MR) is 65.0 cm³/mol. The van der Waals surface area contributed by atoms with Crippen LogP contribution in [0.4, 0.5) is 0 Å². The molecule has 0 amide bonds. The van der Waals surface area contributed by atoms with Gasteiger partial charge in [0.05, 0.1) is 0 Å². The highest BCUT2D eigenvalue weighted by atomic mass is 14.9. The number of nitriles is 1. The molecule has 0 N–H and O–H groups in total. The van der Waals surface area contributed by atoms with Gasteiger partial charge in [0.2, 0.25) is 0 Å². The summed E-state index contributed by atoms with van der Waals surface area (Å²) in [4.78, 5) is 0. The Morgan fingerprint density at radius 2 is 1.94 bits per heavy atom. The van der Waals surface area contributed by atoms with Crippen LogP contribution in [0.2, 0.25) is 0 Å². The van der Waals surface area contributed by atoms with Crippen molar-refractivity contribution in [1.82, 2.24) is 4.57 Å².